The SMILES string of the molecule is Nc1[nH]cc2cc(NC(=O)[C@H](O)[C@H]3OCCN(c4ccc5cn(CC(F)(F)F)c(O)c5c4)C3=O)ccc12. The van der Waals surface area contributed by atoms with Gasteiger partial charge in [-0.1, -0.05) is 6.07 Å². The van der Waals surface area contributed by atoms with Crippen molar-refractivity contribution in [3.05, 3.63) is 48.8 Å². The number of amides is 2. The number of rotatable bonds is 5. The van der Waals surface area contributed by atoms with E-state index in [0.717, 1.165) is 10.8 Å². The lowest BCUT2D eigenvalue weighted by Gasteiger charge is -2.34. The quantitative estimate of drug-likeness (QED) is 0.275. The van der Waals surface area contributed by atoms with Crippen LogP contribution in [0.5, 0.6) is 5.88 Å². The average molecular weight is 517 g/mol. The Balaban J connectivity index is 1.33. The third-order valence-corrected chi connectivity index (χ3v) is 6.18. The van der Waals surface area contributed by atoms with Crippen LogP contribution in [-0.4, -0.2) is 63.1 Å². The number of nitrogen functional groups attached to an aromatic ring is 1. The zero-order valence-corrected chi connectivity index (χ0v) is 19.1. The molecule has 2 aromatic carbocycles. The minimum absolute atomic E-state index is 0.00552. The number of nitrogens with zero attached hydrogens (tertiary/aromatic N) is 2. The third-order valence-electron chi connectivity index (χ3n) is 6.18. The van der Waals surface area contributed by atoms with Crippen molar-refractivity contribution in [2.75, 3.05) is 29.1 Å². The summed E-state index contributed by atoms with van der Waals surface area (Å²) in [5.74, 6) is -1.69. The number of hydrogen-bond acceptors (Lipinski definition) is 6. The number of carbonyl (C=O) groups is 2. The molecule has 0 bridgehead atoms. The fraction of sp³-hybridized carbons (Fsp3) is 0.250. The molecule has 4 aromatic rings. The second kappa shape index (κ2) is 9.01. The summed E-state index contributed by atoms with van der Waals surface area (Å²) in [5, 5.41) is 25.4. The molecule has 0 saturated carbocycles. The number of halogens is 3. The number of nitrogens with one attached hydrogen (secondary N) is 2. The third kappa shape index (κ3) is 4.66. The average Bonchev–Trinajstić information content (AvgIpc) is 3.36. The van der Waals surface area contributed by atoms with Gasteiger partial charge in [-0.05, 0) is 30.3 Å². The highest BCUT2D eigenvalue weighted by molar-refractivity contribution is 6.05. The monoisotopic (exact) mass is 517 g/mol. The lowest BCUT2D eigenvalue weighted by atomic mass is 10.1. The van der Waals surface area contributed by atoms with Crippen LogP contribution in [0, 0.1) is 0 Å². The lowest BCUT2D eigenvalue weighted by Crippen LogP contribution is -2.55. The van der Waals surface area contributed by atoms with E-state index in [2.05, 4.69) is 10.3 Å². The van der Waals surface area contributed by atoms with E-state index in [1.165, 1.54) is 29.3 Å². The highest BCUT2D eigenvalue weighted by Crippen LogP contribution is 2.34. The van der Waals surface area contributed by atoms with Gasteiger partial charge in [0.15, 0.2) is 18.1 Å². The summed E-state index contributed by atoms with van der Waals surface area (Å²) in [5.41, 5.74) is 6.46. The number of carbonyl (C=O) groups excluding carboxylic acids is 2. The molecule has 1 fully saturated rings. The van der Waals surface area contributed by atoms with Crippen molar-refractivity contribution in [1.29, 1.82) is 0 Å². The van der Waals surface area contributed by atoms with Crippen LogP contribution in [0.15, 0.2) is 48.8 Å². The number of aromatic nitrogens is 2. The highest BCUT2D eigenvalue weighted by atomic mass is 19.4. The van der Waals surface area contributed by atoms with Gasteiger partial charge < -0.3 is 40.5 Å². The Labute approximate surface area is 207 Å². The minimum Gasteiger partial charge on any atom is -0.494 e. The molecule has 2 amide bonds. The van der Waals surface area contributed by atoms with E-state index in [1.54, 1.807) is 24.4 Å². The molecule has 0 radical (unpaired) electrons. The van der Waals surface area contributed by atoms with Gasteiger partial charge in [-0.15, -0.1) is 0 Å². The molecule has 1 aliphatic rings. The molecule has 0 spiro atoms. The Morgan fingerprint density at radius 2 is 2.00 bits per heavy atom. The number of nitrogens with two attached hydrogens (primary N) is 1. The Bertz CT molecular complexity index is 1510. The number of aliphatic hydroxyl groups excluding tert-OH is 1. The minimum atomic E-state index is -4.53. The summed E-state index contributed by atoms with van der Waals surface area (Å²) in [6.45, 7) is -1.30. The summed E-state index contributed by atoms with van der Waals surface area (Å²) in [4.78, 5) is 30.0. The van der Waals surface area contributed by atoms with E-state index in [4.69, 9.17) is 10.5 Å². The summed E-state index contributed by atoms with van der Waals surface area (Å²) in [7, 11) is 0. The normalized spacial score (nSPS) is 17.5. The number of H-pyrrole nitrogens is 1. The van der Waals surface area contributed by atoms with Crippen molar-refractivity contribution >= 4 is 50.6 Å². The smallest absolute Gasteiger partial charge is 0.406 e. The topological polar surface area (TPSA) is 146 Å². The van der Waals surface area contributed by atoms with Gasteiger partial charge in [0, 0.05) is 51.9 Å². The number of fused-ring (bicyclic) bond motifs is 2. The lowest BCUT2D eigenvalue weighted by molar-refractivity contribution is -0.150. The number of aromatic amines is 1. The standard InChI is InChI=1S/C24H22F3N5O5/c25-24(26,27)11-31-10-12-1-3-15(8-17(12)22(31)35)32-5-6-37-19(23(32)36)18(33)21(34)30-14-2-4-16-13(7-14)9-29-20(16)28/h1-4,7-10,18-19,29,33,35H,5-6,11,28H2,(H,30,34)/t18-,19-/m1/s1. The van der Waals surface area contributed by atoms with Gasteiger partial charge in [0.25, 0.3) is 11.8 Å². The van der Waals surface area contributed by atoms with Crippen LogP contribution in [-0.2, 0) is 20.9 Å². The van der Waals surface area contributed by atoms with Gasteiger partial charge in [-0.2, -0.15) is 13.2 Å². The van der Waals surface area contributed by atoms with Crippen molar-refractivity contribution < 1.29 is 37.7 Å². The maximum absolute atomic E-state index is 13.1. The predicted molar refractivity (Wildman–Crippen MR) is 129 cm³/mol. The molecule has 3 heterocycles. The van der Waals surface area contributed by atoms with E-state index >= 15 is 0 Å². The Morgan fingerprint density at radius 1 is 1.22 bits per heavy atom. The molecule has 5 rings (SSSR count). The second-order valence-corrected chi connectivity index (χ2v) is 8.69. The fourth-order valence-corrected chi connectivity index (χ4v) is 4.40. The Kier molecular flexibility index (Phi) is 5.96. The first-order valence-corrected chi connectivity index (χ1v) is 11.2. The van der Waals surface area contributed by atoms with Crippen molar-refractivity contribution in [3.8, 4) is 5.88 Å². The zero-order chi connectivity index (χ0) is 26.5. The molecular formula is C24H22F3N5O5. The Hall–Kier alpha value is -4.23. The first kappa shape index (κ1) is 24.5. The number of morpholine rings is 1. The number of benzene rings is 2. The number of anilines is 3. The maximum Gasteiger partial charge on any atom is 0.406 e. The molecule has 6 N–H and O–H groups in total. The summed E-state index contributed by atoms with van der Waals surface area (Å²) < 4.78 is 44.5. The number of ether oxygens (including phenoxy) is 1. The molecule has 37 heavy (non-hydrogen) atoms. The van der Waals surface area contributed by atoms with Crippen molar-refractivity contribution in [2.45, 2.75) is 24.9 Å². The summed E-state index contributed by atoms with van der Waals surface area (Å²) in [6.07, 6.45) is -5.06. The van der Waals surface area contributed by atoms with Crippen molar-refractivity contribution in [2.24, 2.45) is 0 Å². The van der Waals surface area contributed by atoms with E-state index in [1.807, 2.05) is 0 Å². The number of hydrogen-bond donors (Lipinski definition) is 5. The number of aliphatic hydroxyl groups is 1. The molecule has 194 valence electrons. The van der Waals surface area contributed by atoms with E-state index in [0.29, 0.717) is 21.5 Å². The van der Waals surface area contributed by atoms with Gasteiger partial charge in [0.2, 0.25) is 0 Å². The molecule has 2 atom stereocenters. The molecule has 10 nitrogen and oxygen atoms in total. The van der Waals surface area contributed by atoms with Crippen molar-refractivity contribution in [1.82, 2.24) is 9.55 Å². The van der Waals surface area contributed by atoms with Crippen LogP contribution in [0.1, 0.15) is 0 Å². The van der Waals surface area contributed by atoms with E-state index in [9.17, 15) is 33.0 Å². The molecular weight excluding hydrogens is 495 g/mol. The molecule has 0 unspecified atom stereocenters. The number of alkyl halides is 3. The molecule has 1 saturated heterocycles. The van der Waals surface area contributed by atoms with Crippen LogP contribution in [0.2, 0.25) is 0 Å². The van der Waals surface area contributed by atoms with Crippen LogP contribution in [0.25, 0.3) is 21.5 Å². The molecule has 0 aliphatic carbocycles. The van der Waals surface area contributed by atoms with E-state index in [-0.39, 0.29) is 24.2 Å². The molecule has 1 aliphatic heterocycles. The zero-order valence-electron chi connectivity index (χ0n) is 19.1. The van der Waals surface area contributed by atoms with Gasteiger partial charge in [0.05, 0.1) is 6.61 Å². The van der Waals surface area contributed by atoms with Gasteiger partial charge in [-0.3, -0.25) is 9.59 Å². The first-order chi connectivity index (χ1) is 17.5. The maximum atomic E-state index is 13.1. The Morgan fingerprint density at radius 3 is 2.76 bits per heavy atom. The fourth-order valence-electron chi connectivity index (χ4n) is 4.40. The van der Waals surface area contributed by atoms with E-state index < -0.39 is 42.6 Å². The van der Waals surface area contributed by atoms with Crippen molar-refractivity contribution in [3.63, 3.8) is 0 Å². The van der Waals surface area contributed by atoms with Crippen LogP contribution in [0.3, 0.4) is 0 Å². The summed E-state index contributed by atoms with van der Waals surface area (Å²) in [6, 6.07) is 9.30. The summed E-state index contributed by atoms with van der Waals surface area (Å²) >= 11 is 0. The van der Waals surface area contributed by atoms with Gasteiger partial charge in [0.1, 0.15) is 12.4 Å². The van der Waals surface area contributed by atoms with Crippen LogP contribution >= 0.6 is 0 Å². The number of aromatic hydroxyl groups is 1. The highest BCUT2D eigenvalue weighted by Gasteiger charge is 2.39. The van der Waals surface area contributed by atoms with Crippen LogP contribution in [0.4, 0.5) is 30.4 Å². The van der Waals surface area contributed by atoms with Crippen LogP contribution < -0.4 is 16.0 Å². The van der Waals surface area contributed by atoms with Gasteiger partial charge in [-0.25, -0.2) is 0 Å². The molecule has 13 heteroatoms. The molecule has 2 aromatic heterocycles. The second-order valence-electron chi connectivity index (χ2n) is 8.69. The predicted octanol–water partition coefficient (Wildman–Crippen LogP) is 2.70. The largest absolute Gasteiger partial charge is 0.494 e. The van der Waals surface area contributed by atoms with Gasteiger partial charge >= 0.3 is 6.18 Å². The first-order valence-electron chi connectivity index (χ1n) is 11.2.